The van der Waals surface area contributed by atoms with Crippen LogP contribution in [0, 0.1) is 18.3 Å². The van der Waals surface area contributed by atoms with E-state index in [4.69, 9.17) is 5.26 Å². The third-order valence-electron chi connectivity index (χ3n) is 2.89. The van der Waals surface area contributed by atoms with Gasteiger partial charge in [0, 0.05) is 4.90 Å². The molecular weight excluding hydrogens is 240 g/mol. The molecule has 0 amide bonds. The van der Waals surface area contributed by atoms with Crippen molar-refractivity contribution in [2.45, 2.75) is 44.0 Å². The summed E-state index contributed by atoms with van der Waals surface area (Å²) in [6.07, 6.45) is 1.95. The number of nitrogens with zero attached hydrogens (tertiary/aromatic N) is 1. The number of hydrogen-bond acceptors (Lipinski definition) is 3. The number of hydrogen-bond donors (Lipinski definition) is 1. The van der Waals surface area contributed by atoms with E-state index in [-0.39, 0.29) is 5.54 Å². The van der Waals surface area contributed by atoms with E-state index >= 15 is 0 Å². The Morgan fingerprint density at radius 1 is 1.44 bits per heavy atom. The topological polar surface area (TPSA) is 35.8 Å². The molecule has 1 unspecified atom stereocenters. The molecule has 0 saturated heterocycles. The number of thioether (sulfide) groups is 1. The van der Waals surface area contributed by atoms with Crippen LogP contribution in [0.15, 0.2) is 29.2 Å². The van der Waals surface area contributed by atoms with E-state index in [2.05, 4.69) is 42.6 Å². The molecule has 1 aromatic rings. The molecule has 1 rings (SSSR count). The molecule has 0 saturated carbocycles. The Morgan fingerprint density at radius 2 is 2.22 bits per heavy atom. The van der Waals surface area contributed by atoms with Crippen LogP contribution in [0.4, 0.5) is 0 Å². The number of rotatable bonds is 7. The van der Waals surface area contributed by atoms with E-state index in [0.717, 1.165) is 25.1 Å². The number of nitrogens with one attached hydrogen (secondary N) is 1. The Kier molecular flexibility index (Phi) is 6.24. The van der Waals surface area contributed by atoms with E-state index < -0.39 is 0 Å². The summed E-state index contributed by atoms with van der Waals surface area (Å²) < 4.78 is 0. The van der Waals surface area contributed by atoms with Crippen LogP contribution in [0.5, 0.6) is 0 Å². The van der Waals surface area contributed by atoms with Crippen LogP contribution in [-0.4, -0.2) is 17.8 Å². The summed E-state index contributed by atoms with van der Waals surface area (Å²) >= 11 is 1.87. The molecule has 1 N–H and O–H groups in total. The van der Waals surface area contributed by atoms with Crippen molar-refractivity contribution in [2.24, 2.45) is 0 Å². The van der Waals surface area contributed by atoms with Gasteiger partial charge in [0.2, 0.25) is 0 Å². The smallest absolute Gasteiger partial charge is 0.103 e. The SMILES string of the molecule is CCNC(C)(C#N)CCCSc1cccc(C)c1. The molecule has 18 heavy (non-hydrogen) atoms. The maximum Gasteiger partial charge on any atom is 0.103 e. The zero-order valence-electron chi connectivity index (χ0n) is 11.5. The standard InChI is InChI=1S/C15H22N2S/c1-4-17-15(3,12-16)9-6-10-18-14-8-5-7-13(2)11-14/h5,7-8,11,17H,4,6,9-10H2,1-3H3. The molecule has 0 fully saturated rings. The van der Waals surface area contributed by atoms with Gasteiger partial charge in [-0.2, -0.15) is 5.26 Å². The molecule has 98 valence electrons. The minimum atomic E-state index is -0.373. The normalized spacial score (nSPS) is 13.9. The lowest BCUT2D eigenvalue weighted by molar-refractivity contribution is 0.426. The van der Waals surface area contributed by atoms with E-state index in [1.807, 2.05) is 25.6 Å². The van der Waals surface area contributed by atoms with Gasteiger partial charge in [-0.05, 0) is 51.1 Å². The molecule has 0 aliphatic rings. The first-order valence-electron chi connectivity index (χ1n) is 6.45. The summed E-state index contributed by atoms with van der Waals surface area (Å²) in [6.45, 7) is 6.97. The maximum absolute atomic E-state index is 9.15. The summed E-state index contributed by atoms with van der Waals surface area (Å²) in [5.74, 6) is 1.06. The monoisotopic (exact) mass is 262 g/mol. The molecule has 0 radical (unpaired) electrons. The lowest BCUT2D eigenvalue weighted by Gasteiger charge is -2.22. The molecular formula is C15H22N2S. The van der Waals surface area contributed by atoms with Crippen LogP contribution < -0.4 is 5.32 Å². The average molecular weight is 262 g/mol. The van der Waals surface area contributed by atoms with Gasteiger partial charge < -0.3 is 0 Å². The fourth-order valence-electron chi connectivity index (χ4n) is 1.89. The summed E-state index contributed by atoms with van der Waals surface area (Å²) in [5, 5.41) is 12.4. The van der Waals surface area contributed by atoms with Crippen molar-refractivity contribution in [3.05, 3.63) is 29.8 Å². The summed E-state index contributed by atoms with van der Waals surface area (Å²) in [6, 6.07) is 10.9. The van der Waals surface area contributed by atoms with Crippen molar-refractivity contribution in [2.75, 3.05) is 12.3 Å². The molecule has 1 atom stereocenters. The quantitative estimate of drug-likeness (QED) is 0.600. The zero-order chi connectivity index (χ0) is 13.4. The molecule has 0 spiro atoms. The first-order valence-corrected chi connectivity index (χ1v) is 7.44. The summed E-state index contributed by atoms with van der Waals surface area (Å²) in [5.41, 5.74) is 0.927. The fraction of sp³-hybridized carbons (Fsp3) is 0.533. The largest absolute Gasteiger partial charge is 0.300 e. The highest BCUT2D eigenvalue weighted by molar-refractivity contribution is 7.99. The molecule has 0 aliphatic heterocycles. The van der Waals surface area contributed by atoms with Crippen molar-refractivity contribution in [3.8, 4) is 6.07 Å². The predicted molar refractivity (Wildman–Crippen MR) is 78.8 cm³/mol. The lowest BCUT2D eigenvalue weighted by atomic mass is 9.98. The van der Waals surface area contributed by atoms with Crippen molar-refractivity contribution >= 4 is 11.8 Å². The number of aryl methyl sites for hydroxylation is 1. The Morgan fingerprint density at radius 3 is 2.83 bits per heavy atom. The van der Waals surface area contributed by atoms with Gasteiger partial charge in [-0.1, -0.05) is 24.6 Å². The van der Waals surface area contributed by atoms with E-state index in [1.165, 1.54) is 10.5 Å². The zero-order valence-corrected chi connectivity index (χ0v) is 12.3. The van der Waals surface area contributed by atoms with Gasteiger partial charge in [0.25, 0.3) is 0 Å². The number of benzene rings is 1. The minimum Gasteiger partial charge on any atom is -0.300 e. The molecule has 3 heteroatoms. The van der Waals surface area contributed by atoms with Crippen LogP contribution in [0.1, 0.15) is 32.3 Å². The van der Waals surface area contributed by atoms with Crippen molar-refractivity contribution < 1.29 is 0 Å². The van der Waals surface area contributed by atoms with Gasteiger partial charge in [-0.25, -0.2) is 0 Å². The van der Waals surface area contributed by atoms with E-state index in [0.29, 0.717) is 0 Å². The van der Waals surface area contributed by atoms with Crippen LogP contribution in [0.2, 0.25) is 0 Å². The highest BCUT2D eigenvalue weighted by Crippen LogP contribution is 2.22. The van der Waals surface area contributed by atoms with Gasteiger partial charge in [0.15, 0.2) is 0 Å². The van der Waals surface area contributed by atoms with Crippen LogP contribution in [-0.2, 0) is 0 Å². The van der Waals surface area contributed by atoms with Gasteiger partial charge in [0.05, 0.1) is 6.07 Å². The molecule has 0 aromatic heterocycles. The second kappa shape index (κ2) is 7.45. The first-order chi connectivity index (χ1) is 8.59. The van der Waals surface area contributed by atoms with Gasteiger partial charge in [-0.15, -0.1) is 11.8 Å². The summed E-state index contributed by atoms with van der Waals surface area (Å²) in [7, 11) is 0. The Balaban J connectivity index is 2.32. The fourth-order valence-corrected chi connectivity index (χ4v) is 2.86. The maximum atomic E-state index is 9.15. The Hall–Kier alpha value is -0.980. The van der Waals surface area contributed by atoms with E-state index in [9.17, 15) is 0 Å². The van der Waals surface area contributed by atoms with Crippen LogP contribution in [0.3, 0.4) is 0 Å². The highest BCUT2D eigenvalue weighted by Gasteiger charge is 2.21. The first kappa shape index (κ1) is 15.1. The third-order valence-corrected chi connectivity index (χ3v) is 3.97. The molecule has 0 aliphatic carbocycles. The van der Waals surface area contributed by atoms with Crippen molar-refractivity contribution in [3.63, 3.8) is 0 Å². The average Bonchev–Trinajstić information content (AvgIpc) is 2.35. The third kappa shape index (κ3) is 5.12. The van der Waals surface area contributed by atoms with Gasteiger partial charge >= 0.3 is 0 Å². The van der Waals surface area contributed by atoms with Crippen molar-refractivity contribution in [1.29, 1.82) is 5.26 Å². The van der Waals surface area contributed by atoms with Crippen LogP contribution >= 0.6 is 11.8 Å². The Bertz CT molecular complexity index is 411. The summed E-state index contributed by atoms with van der Waals surface area (Å²) in [4.78, 5) is 1.32. The Labute approximate surface area is 115 Å². The number of nitriles is 1. The molecule has 0 heterocycles. The minimum absolute atomic E-state index is 0.373. The second-order valence-electron chi connectivity index (χ2n) is 4.74. The molecule has 2 nitrogen and oxygen atoms in total. The van der Waals surface area contributed by atoms with Gasteiger partial charge in [-0.3, -0.25) is 5.32 Å². The molecule has 1 aromatic carbocycles. The predicted octanol–water partition coefficient (Wildman–Crippen LogP) is 3.76. The highest BCUT2D eigenvalue weighted by atomic mass is 32.2. The van der Waals surface area contributed by atoms with Crippen LogP contribution in [0.25, 0.3) is 0 Å². The lowest BCUT2D eigenvalue weighted by Crippen LogP contribution is -2.40. The van der Waals surface area contributed by atoms with Gasteiger partial charge in [0.1, 0.15) is 5.54 Å². The second-order valence-corrected chi connectivity index (χ2v) is 5.91. The van der Waals surface area contributed by atoms with Crippen molar-refractivity contribution in [1.82, 2.24) is 5.32 Å². The molecule has 0 bridgehead atoms. The van der Waals surface area contributed by atoms with E-state index in [1.54, 1.807) is 0 Å².